The molecular formula is C14H18FI2N3Pt. The van der Waals surface area contributed by atoms with Crippen LogP contribution in [-0.4, -0.2) is 10.5 Å². The summed E-state index contributed by atoms with van der Waals surface area (Å²) < 4.78 is 20.0. The molecule has 0 fully saturated rings. The molecule has 120 valence electrons. The number of benzene rings is 1. The minimum absolute atomic E-state index is 0.179. The number of aryl methyl sites for hydroxylation is 1. The van der Waals surface area contributed by atoms with Gasteiger partial charge in [0.25, 0.3) is 0 Å². The van der Waals surface area contributed by atoms with Crippen molar-refractivity contribution in [2.45, 2.75) is 26.4 Å². The molecule has 21 heavy (non-hydrogen) atoms. The second kappa shape index (κ2) is 9.57. The largest absolute Gasteiger partial charge is 0.207 e. The van der Waals surface area contributed by atoms with Gasteiger partial charge in [-0.25, -0.2) is 4.39 Å². The standard InChI is InChI=1S/C7H6FI2N.C7H12N2.Pt/c8-7-3-1-6(2-4-7)5-11(9)10;1-7(2)9-5-4-8(3)6-9;/h1-4H,5H2;4-5,7H,1-3H3;. The average Bonchev–Trinajstić information content (AvgIpc) is 2.73. The molecule has 7 heteroatoms. The van der Waals surface area contributed by atoms with Crippen LogP contribution in [0.25, 0.3) is 0 Å². The summed E-state index contributed by atoms with van der Waals surface area (Å²) in [6.07, 6.45) is 4.18. The predicted octanol–water partition coefficient (Wildman–Crippen LogP) is 4.81. The number of hydrogen-bond acceptors (Lipinski definition) is 1. The minimum Gasteiger partial charge on any atom is -0.207 e. The van der Waals surface area contributed by atoms with Gasteiger partial charge in [-0.15, -0.1) is 0 Å². The van der Waals surface area contributed by atoms with Gasteiger partial charge in [0, 0.05) is 52.3 Å². The van der Waals surface area contributed by atoms with Crippen LogP contribution in [0.2, 0.25) is 0 Å². The first-order valence-corrected chi connectivity index (χ1v) is 9.40. The van der Waals surface area contributed by atoms with Crippen molar-refractivity contribution in [2.24, 2.45) is 7.05 Å². The van der Waals surface area contributed by atoms with Gasteiger partial charge in [0.1, 0.15) is 5.82 Å². The van der Waals surface area contributed by atoms with Crippen LogP contribution in [0.3, 0.4) is 0 Å². The van der Waals surface area contributed by atoms with Crippen LogP contribution in [0.4, 0.5) is 4.39 Å². The molecule has 0 amide bonds. The van der Waals surface area contributed by atoms with E-state index >= 15 is 0 Å². The smallest absolute Gasteiger partial charge is 0.123 e. The maximum Gasteiger partial charge on any atom is 0.123 e. The molecule has 0 aliphatic rings. The molecule has 2 rings (SSSR count). The van der Waals surface area contributed by atoms with Crippen LogP contribution in [0, 0.1) is 9.62 Å². The van der Waals surface area contributed by atoms with Crippen LogP contribution >= 0.6 is 45.7 Å². The number of rotatable bonds is 3. The molecule has 0 radical (unpaired) electrons. The van der Waals surface area contributed by atoms with E-state index in [4.69, 9.17) is 0 Å². The van der Waals surface area contributed by atoms with Crippen molar-refractivity contribution in [3.63, 3.8) is 0 Å². The Balaban J connectivity index is 0.000000211. The number of hydrogen-bond donors (Lipinski definition) is 0. The number of halogens is 3. The van der Waals surface area contributed by atoms with Gasteiger partial charge in [0.15, 0.2) is 0 Å². The van der Waals surface area contributed by atoms with E-state index in [0.717, 1.165) is 12.1 Å². The summed E-state index contributed by atoms with van der Waals surface area (Å²) in [5, 5.41) is 0. The zero-order chi connectivity index (χ0) is 16.0. The van der Waals surface area contributed by atoms with Gasteiger partial charge in [0.2, 0.25) is 0 Å². The summed E-state index contributed by atoms with van der Waals surface area (Å²) in [7, 11) is 2.06. The Morgan fingerprint density at radius 1 is 1.19 bits per heavy atom. The van der Waals surface area contributed by atoms with Crippen molar-refractivity contribution < 1.29 is 23.7 Å². The normalized spacial score (nSPS) is 10.8. The molecule has 1 aromatic heterocycles. The first-order chi connectivity index (χ1) is 9.81. The number of imidazole rings is 1. The molecule has 0 aliphatic carbocycles. The molecule has 0 saturated heterocycles. The van der Waals surface area contributed by atoms with Crippen molar-refractivity contribution in [3.05, 3.63) is 51.8 Å². The molecule has 2 aromatic rings. The zero-order valence-electron chi connectivity index (χ0n) is 12.0. The molecule has 0 saturated carbocycles. The fourth-order valence-corrected chi connectivity index (χ4v) is 3.28. The Morgan fingerprint density at radius 2 is 1.76 bits per heavy atom. The van der Waals surface area contributed by atoms with E-state index in [1.165, 1.54) is 15.9 Å². The topological polar surface area (TPSA) is 13.1 Å². The molecule has 0 bridgehead atoms. The van der Waals surface area contributed by atoms with Crippen LogP contribution in [0.15, 0.2) is 36.7 Å². The van der Waals surface area contributed by atoms with E-state index in [1.54, 1.807) is 12.1 Å². The van der Waals surface area contributed by atoms with Gasteiger partial charge in [-0.1, -0.05) is 12.1 Å². The Bertz CT molecular complexity index is 605. The van der Waals surface area contributed by atoms with E-state index in [2.05, 4.69) is 108 Å². The van der Waals surface area contributed by atoms with Crippen molar-refractivity contribution in [2.75, 3.05) is 0 Å². The van der Waals surface area contributed by atoms with Gasteiger partial charge >= 0.3 is 71.6 Å². The van der Waals surface area contributed by atoms with Gasteiger partial charge in [-0.05, 0) is 17.7 Å². The monoisotopic (exact) mass is 696 g/mol. The molecule has 1 heterocycles. The third-order valence-corrected chi connectivity index (χ3v) is 4.76. The van der Waals surface area contributed by atoms with E-state index in [-0.39, 0.29) is 5.82 Å². The van der Waals surface area contributed by atoms with Crippen molar-refractivity contribution in [1.29, 1.82) is 0 Å². The van der Waals surface area contributed by atoms with Crippen molar-refractivity contribution in [1.82, 2.24) is 10.5 Å². The molecular weight excluding hydrogens is 678 g/mol. The molecule has 3 nitrogen and oxygen atoms in total. The van der Waals surface area contributed by atoms with Crippen molar-refractivity contribution >= 4 is 45.7 Å². The quantitative estimate of drug-likeness (QED) is 0.332. The van der Waals surface area contributed by atoms with Crippen LogP contribution < -0.4 is 0 Å². The summed E-state index contributed by atoms with van der Waals surface area (Å²) in [5.74, 6) is -0.179. The maximum absolute atomic E-state index is 12.4. The molecule has 0 aliphatic heterocycles. The number of nitrogens with zero attached hydrogens (tertiary/aromatic N) is 3. The van der Waals surface area contributed by atoms with Crippen LogP contribution in [0.5, 0.6) is 0 Å². The Labute approximate surface area is 163 Å². The van der Waals surface area contributed by atoms with Gasteiger partial charge in [-0.3, -0.25) is 0 Å². The van der Waals surface area contributed by atoms with Gasteiger partial charge in [-0.2, -0.15) is 1.33 Å². The predicted molar refractivity (Wildman–Crippen MR) is 97.0 cm³/mol. The number of aromatic nitrogens is 2. The zero-order valence-corrected chi connectivity index (χ0v) is 18.6. The summed E-state index contributed by atoms with van der Waals surface area (Å²) in [5.41, 5.74) is 1.12. The SMILES string of the molecule is CC(C)n1ccn(C)[c]1=[Pt].Fc1ccc(CN(I)I)cc1. The van der Waals surface area contributed by atoms with E-state index < -0.39 is 0 Å². The van der Waals surface area contributed by atoms with Gasteiger partial charge in [0.05, 0.1) is 0 Å². The minimum atomic E-state index is -0.179. The van der Waals surface area contributed by atoms with Crippen LogP contribution in [0.1, 0.15) is 25.5 Å². The first kappa shape index (κ1) is 19.5. The molecule has 1 aromatic carbocycles. The summed E-state index contributed by atoms with van der Waals surface area (Å²) in [6, 6.07) is 7.10. The molecule has 0 N–H and O–H groups in total. The van der Waals surface area contributed by atoms with Crippen LogP contribution in [-0.2, 0) is 32.9 Å². The average molecular weight is 696 g/mol. The van der Waals surface area contributed by atoms with Crippen molar-refractivity contribution in [3.8, 4) is 0 Å². The van der Waals surface area contributed by atoms with E-state index in [9.17, 15) is 4.39 Å². The second-order valence-electron chi connectivity index (χ2n) is 4.74. The Morgan fingerprint density at radius 3 is 2.10 bits per heavy atom. The molecule has 0 spiro atoms. The fourth-order valence-electron chi connectivity index (χ4n) is 1.56. The third-order valence-electron chi connectivity index (χ3n) is 2.69. The Kier molecular flexibility index (Phi) is 8.90. The summed E-state index contributed by atoms with van der Waals surface area (Å²) in [4.78, 5) is 0. The van der Waals surface area contributed by atoms with Gasteiger partial charge < -0.3 is 0 Å². The second-order valence-corrected chi connectivity index (χ2v) is 9.93. The fraction of sp³-hybridized carbons (Fsp3) is 0.357. The third kappa shape index (κ3) is 7.05. The van der Waals surface area contributed by atoms with E-state index in [0.29, 0.717) is 6.04 Å². The molecule has 0 atom stereocenters. The first-order valence-electron chi connectivity index (χ1n) is 6.33. The summed E-state index contributed by atoms with van der Waals surface area (Å²) in [6.45, 7) is 5.20. The van der Waals surface area contributed by atoms with E-state index in [1.807, 2.05) is 1.33 Å². The molecule has 0 unspecified atom stereocenters. The maximum atomic E-state index is 12.4. The Hall–Kier alpha value is 0.468. The summed E-state index contributed by atoms with van der Waals surface area (Å²) >= 11 is 6.69.